The lowest BCUT2D eigenvalue weighted by molar-refractivity contribution is -0.121. The molecule has 136 valence electrons. The van der Waals surface area contributed by atoms with E-state index in [9.17, 15) is 4.79 Å². The van der Waals surface area contributed by atoms with Crippen LogP contribution in [0.4, 0.5) is 0 Å². The molecule has 5 heteroatoms. The minimum absolute atomic E-state index is 0.0971. The summed E-state index contributed by atoms with van der Waals surface area (Å²) in [4.78, 5) is 19.9. The van der Waals surface area contributed by atoms with Crippen LogP contribution >= 0.6 is 0 Å². The number of imidazole rings is 1. The fraction of sp³-hybridized carbons (Fsp3) is 0.600. The first-order valence-corrected chi connectivity index (χ1v) is 9.66. The van der Waals surface area contributed by atoms with Gasteiger partial charge in [-0.2, -0.15) is 0 Å². The van der Waals surface area contributed by atoms with Crippen LogP contribution in [-0.4, -0.2) is 35.0 Å². The maximum atomic E-state index is 12.0. The van der Waals surface area contributed by atoms with Gasteiger partial charge in [-0.1, -0.05) is 37.8 Å². The van der Waals surface area contributed by atoms with E-state index in [0.29, 0.717) is 25.4 Å². The van der Waals surface area contributed by atoms with Crippen molar-refractivity contribution in [1.29, 1.82) is 0 Å². The zero-order valence-corrected chi connectivity index (χ0v) is 15.2. The number of nitrogens with zero attached hydrogens (tertiary/aromatic N) is 1. The van der Waals surface area contributed by atoms with E-state index in [0.717, 1.165) is 29.0 Å². The number of hydrogen-bond acceptors (Lipinski definition) is 3. The number of amides is 1. The molecular weight excluding hydrogens is 312 g/mol. The van der Waals surface area contributed by atoms with Gasteiger partial charge in [-0.3, -0.25) is 4.79 Å². The number of fused-ring (bicyclic) bond motifs is 1. The zero-order chi connectivity index (χ0) is 17.5. The first-order valence-electron chi connectivity index (χ1n) is 9.66. The summed E-state index contributed by atoms with van der Waals surface area (Å²) < 4.78 is 0. The fourth-order valence-corrected chi connectivity index (χ4v) is 3.63. The highest BCUT2D eigenvalue weighted by atomic mass is 16.1. The number of aromatic amines is 1. The van der Waals surface area contributed by atoms with Crippen molar-refractivity contribution in [3.63, 3.8) is 0 Å². The molecule has 0 saturated heterocycles. The highest BCUT2D eigenvalue weighted by Crippen LogP contribution is 2.17. The van der Waals surface area contributed by atoms with Gasteiger partial charge in [-0.05, 0) is 31.4 Å². The molecule has 1 amide bonds. The second kappa shape index (κ2) is 8.99. The molecule has 1 fully saturated rings. The highest BCUT2D eigenvalue weighted by molar-refractivity contribution is 5.79. The fourth-order valence-electron chi connectivity index (χ4n) is 3.63. The molecule has 3 rings (SSSR count). The molecule has 1 aromatic heterocycles. The Labute approximate surface area is 150 Å². The lowest BCUT2D eigenvalue weighted by Gasteiger charge is -2.16. The van der Waals surface area contributed by atoms with Gasteiger partial charge in [0.15, 0.2) is 0 Å². The van der Waals surface area contributed by atoms with Gasteiger partial charge in [0.2, 0.25) is 5.91 Å². The SMILES string of the molecule is Cc1cccc2[nH]c(CCC(=O)NCCNC3CCCCCC3)nc12. The number of aryl methyl sites for hydroxylation is 2. The van der Waals surface area contributed by atoms with E-state index in [1.54, 1.807) is 0 Å². The van der Waals surface area contributed by atoms with Crippen molar-refractivity contribution in [2.45, 2.75) is 64.3 Å². The second-order valence-corrected chi connectivity index (χ2v) is 7.15. The molecule has 1 heterocycles. The van der Waals surface area contributed by atoms with Crippen molar-refractivity contribution in [2.24, 2.45) is 0 Å². The van der Waals surface area contributed by atoms with Crippen LogP contribution in [0.2, 0.25) is 0 Å². The van der Waals surface area contributed by atoms with Gasteiger partial charge in [0.1, 0.15) is 5.82 Å². The van der Waals surface area contributed by atoms with Gasteiger partial charge in [0.05, 0.1) is 11.0 Å². The van der Waals surface area contributed by atoms with Crippen molar-refractivity contribution in [1.82, 2.24) is 20.6 Å². The molecule has 0 radical (unpaired) electrons. The summed E-state index contributed by atoms with van der Waals surface area (Å²) in [6.45, 7) is 3.62. The molecule has 0 unspecified atom stereocenters. The largest absolute Gasteiger partial charge is 0.355 e. The first kappa shape index (κ1) is 17.9. The number of benzene rings is 1. The van der Waals surface area contributed by atoms with Crippen molar-refractivity contribution in [3.8, 4) is 0 Å². The third kappa shape index (κ3) is 5.30. The third-order valence-corrected chi connectivity index (χ3v) is 5.09. The van der Waals surface area contributed by atoms with Crippen molar-refractivity contribution >= 4 is 16.9 Å². The van der Waals surface area contributed by atoms with Gasteiger partial charge in [-0.25, -0.2) is 4.98 Å². The molecule has 3 N–H and O–H groups in total. The van der Waals surface area contributed by atoms with Gasteiger partial charge < -0.3 is 15.6 Å². The Bertz CT molecular complexity index is 686. The summed E-state index contributed by atoms with van der Waals surface area (Å²) in [5.41, 5.74) is 3.21. The number of H-pyrrole nitrogens is 1. The minimum atomic E-state index is 0.0971. The summed E-state index contributed by atoms with van der Waals surface area (Å²) in [6, 6.07) is 6.74. The van der Waals surface area contributed by atoms with Crippen LogP contribution in [0.25, 0.3) is 11.0 Å². The number of nitrogens with one attached hydrogen (secondary N) is 3. The van der Waals surface area contributed by atoms with E-state index in [-0.39, 0.29) is 5.91 Å². The number of carbonyl (C=O) groups excluding carboxylic acids is 1. The van der Waals surface area contributed by atoms with Crippen LogP contribution in [0.5, 0.6) is 0 Å². The maximum Gasteiger partial charge on any atom is 0.220 e. The van der Waals surface area contributed by atoms with Gasteiger partial charge >= 0.3 is 0 Å². The molecule has 0 bridgehead atoms. The normalized spacial score (nSPS) is 16.0. The molecule has 0 aliphatic heterocycles. The number of aromatic nitrogens is 2. The van der Waals surface area contributed by atoms with Crippen LogP contribution in [0.1, 0.15) is 56.3 Å². The van der Waals surface area contributed by atoms with Gasteiger partial charge in [0.25, 0.3) is 0 Å². The van der Waals surface area contributed by atoms with E-state index in [1.165, 1.54) is 38.5 Å². The summed E-state index contributed by atoms with van der Waals surface area (Å²) in [6.07, 6.45) is 9.09. The Balaban J connectivity index is 1.35. The van der Waals surface area contributed by atoms with E-state index >= 15 is 0 Å². The molecule has 1 saturated carbocycles. The monoisotopic (exact) mass is 342 g/mol. The van der Waals surface area contributed by atoms with Crippen molar-refractivity contribution in [3.05, 3.63) is 29.6 Å². The van der Waals surface area contributed by atoms with E-state index in [1.807, 2.05) is 12.1 Å². The molecule has 1 aliphatic rings. The Kier molecular flexibility index (Phi) is 6.45. The van der Waals surface area contributed by atoms with Crippen LogP contribution < -0.4 is 10.6 Å². The molecule has 0 atom stereocenters. The number of carbonyl (C=O) groups is 1. The Morgan fingerprint density at radius 2 is 2.00 bits per heavy atom. The quantitative estimate of drug-likeness (QED) is 0.534. The number of para-hydroxylation sites is 1. The van der Waals surface area contributed by atoms with Crippen LogP contribution in [0.3, 0.4) is 0 Å². The molecular formula is C20H30N4O. The summed E-state index contributed by atoms with van der Waals surface area (Å²) in [5, 5.41) is 6.59. The molecule has 2 aromatic rings. The molecule has 25 heavy (non-hydrogen) atoms. The maximum absolute atomic E-state index is 12.0. The Morgan fingerprint density at radius 3 is 2.76 bits per heavy atom. The predicted octanol–water partition coefficient (Wildman–Crippen LogP) is 3.23. The summed E-state index contributed by atoms with van der Waals surface area (Å²) in [5.74, 6) is 0.982. The lowest BCUT2D eigenvalue weighted by atomic mass is 10.1. The van der Waals surface area contributed by atoms with Gasteiger partial charge in [-0.15, -0.1) is 0 Å². The van der Waals surface area contributed by atoms with Crippen LogP contribution in [0.15, 0.2) is 18.2 Å². The second-order valence-electron chi connectivity index (χ2n) is 7.15. The lowest BCUT2D eigenvalue weighted by Crippen LogP contribution is -2.36. The summed E-state index contributed by atoms with van der Waals surface area (Å²) >= 11 is 0. The first-order chi connectivity index (χ1) is 12.2. The highest BCUT2D eigenvalue weighted by Gasteiger charge is 2.11. The Morgan fingerprint density at radius 1 is 1.20 bits per heavy atom. The third-order valence-electron chi connectivity index (χ3n) is 5.09. The molecule has 1 aliphatic carbocycles. The molecule has 5 nitrogen and oxygen atoms in total. The molecule has 1 aromatic carbocycles. The summed E-state index contributed by atoms with van der Waals surface area (Å²) in [7, 11) is 0. The topological polar surface area (TPSA) is 69.8 Å². The zero-order valence-electron chi connectivity index (χ0n) is 15.2. The van der Waals surface area contributed by atoms with E-state index < -0.39 is 0 Å². The average Bonchev–Trinajstić information content (AvgIpc) is 2.86. The smallest absolute Gasteiger partial charge is 0.220 e. The number of hydrogen-bond donors (Lipinski definition) is 3. The van der Waals surface area contributed by atoms with Crippen molar-refractivity contribution < 1.29 is 4.79 Å². The van der Waals surface area contributed by atoms with E-state index in [4.69, 9.17) is 0 Å². The molecule has 0 spiro atoms. The standard InChI is InChI=1S/C20H30N4O/c1-15-7-6-10-17-20(15)24-18(23-17)11-12-19(25)22-14-13-21-16-8-4-2-3-5-9-16/h6-7,10,16,21H,2-5,8-9,11-14H2,1H3,(H,22,25)(H,23,24). The van der Waals surface area contributed by atoms with Crippen molar-refractivity contribution in [2.75, 3.05) is 13.1 Å². The van der Waals surface area contributed by atoms with E-state index in [2.05, 4.69) is 33.6 Å². The van der Waals surface area contributed by atoms with Gasteiger partial charge in [0, 0.05) is 32.0 Å². The Hall–Kier alpha value is -1.88. The minimum Gasteiger partial charge on any atom is -0.355 e. The van der Waals surface area contributed by atoms with Crippen LogP contribution in [0, 0.1) is 6.92 Å². The number of rotatable bonds is 7. The predicted molar refractivity (Wildman–Crippen MR) is 102 cm³/mol. The average molecular weight is 342 g/mol. The van der Waals surface area contributed by atoms with Crippen LogP contribution in [-0.2, 0) is 11.2 Å².